The number of carbonyl (C=O) groups excluding carboxylic acids is 1. The van der Waals surface area contributed by atoms with Crippen molar-refractivity contribution in [1.82, 2.24) is 5.32 Å². The van der Waals surface area contributed by atoms with E-state index in [1.165, 1.54) is 0 Å². The van der Waals surface area contributed by atoms with Gasteiger partial charge in [-0.15, -0.1) is 0 Å². The monoisotopic (exact) mass is 317 g/mol. The first-order valence-corrected chi connectivity index (χ1v) is 7.12. The molecule has 1 heterocycles. The number of benzene rings is 1. The average molecular weight is 318 g/mol. The van der Waals surface area contributed by atoms with Crippen molar-refractivity contribution in [2.45, 2.75) is 20.0 Å². The number of hydrogen-bond donors (Lipinski definition) is 1. The highest BCUT2D eigenvalue weighted by atomic mass is 35.5. The first-order valence-electron chi connectivity index (χ1n) is 6.37. The molecule has 1 aromatic rings. The Morgan fingerprint density at radius 2 is 2.20 bits per heavy atom. The third-order valence-electron chi connectivity index (χ3n) is 3.16. The van der Waals surface area contributed by atoms with Crippen LogP contribution in [0.15, 0.2) is 18.2 Å². The van der Waals surface area contributed by atoms with E-state index in [2.05, 4.69) is 12.2 Å². The van der Waals surface area contributed by atoms with Crippen molar-refractivity contribution in [2.24, 2.45) is 5.41 Å². The smallest absolute Gasteiger partial charge is 0.260 e. The van der Waals surface area contributed by atoms with E-state index >= 15 is 0 Å². The minimum absolute atomic E-state index is 0.0350. The van der Waals surface area contributed by atoms with E-state index < -0.39 is 6.10 Å². The summed E-state index contributed by atoms with van der Waals surface area (Å²) >= 11 is 11.8. The molecule has 1 N–H and O–H groups in total. The molecule has 1 saturated heterocycles. The van der Waals surface area contributed by atoms with E-state index in [0.29, 0.717) is 35.6 Å². The van der Waals surface area contributed by atoms with Crippen molar-refractivity contribution in [3.63, 3.8) is 0 Å². The van der Waals surface area contributed by atoms with Crippen LogP contribution < -0.4 is 10.1 Å². The predicted molar refractivity (Wildman–Crippen MR) is 78.5 cm³/mol. The summed E-state index contributed by atoms with van der Waals surface area (Å²) in [5.74, 6) is 0.265. The highest BCUT2D eigenvalue weighted by molar-refractivity contribution is 6.35. The summed E-state index contributed by atoms with van der Waals surface area (Å²) in [6.07, 6.45) is -0.627. The number of halogens is 2. The van der Waals surface area contributed by atoms with Gasteiger partial charge in [0.05, 0.1) is 18.2 Å². The summed E-state index contributed by atoms with van der Waals surface area (Å²) in [4.78, 5) is 12.0. The lowest BCUT2D eigenvalue weighted by atomic mass is 9.89. The van der Waals surface area contributed by atoms with Crippen molar-refractivity contribution in [1.29, 1.82) is 0 Å². The van der Waals surface area contributed by atoms with Gasteiger partial charge >= 0.3 is 0 Å². The number of rotatable bonds is 5. The third-order valence-corrected chi connectivity index (χ3v) is 3.69. The Bertz CT molecular complexity index is 503. The van der Waals surface area contributed by atoms with Crippen molar-refractivity contribution in [3.05, 3.63) is 28.2 Å². The van der Waals surface area contributed by atoms with Gasteiger partial charge in [-0.1, -0.05) is 30.1 Å². The molecule has 1 aliphatic heterocycles. The third kappa shape index (κ3) is 3.78. The van der Waals surface area contributed by atoms with E-state index in [1.807, 2.05) is 0 Å². The molecule has 0 saturated carbocycles. The first-order chi connectivity index (χ1) is 9.39. The fraction of sp³-hybridized carbons (Fsp3) is 0.500. The topological polar surface area (TPSA) is 47.6 Å². The van der Waals surface area contributed by atoms with Crippen LogP contribution in [0, 0.1) is 5.41 Å². The molecule has 1 amide bonds. The summed E-state index contributed by atoms with van der Waals surface area (Å²) in [5, 5.41) is 3.77. The van der Waals surface area contributed by atoms with Crippen LogP contribution in [0.1, 0.15) is 13.8 Å². The molecule has 0 radical (unpaired) electrons. The number of amides is 1. The maximum Gasteiger partial charge on any atom is 0.260 e. The van der Waals surface area contributed by atoms with Gasteiger partial charge in [0.25, 0.3) is 5.91 Å². The Kier molecular flexibility index (Phi) is 4.78. The Hall–Kier alpha value is -0.970. The van der Waals surface area contributed by atoms with Gasteiger partial charge in [0.2, 0.25) is 0 Å². The van der Waals surface area contributed by atoms with Crippen LogP contribution in [-0.4, -0.2) is 31.8 Å². The molecule has 1 atom stereocenters. The standard InChI is InChI=1S/C14H17Cl2NO3/c1-9(13(18)17-6-14(2)7-19-8-14)20-12-4-3-10(15)5-11(12)16/h3-5,9H,6-8H2,1-2H3,(H,17,18). The molecule has 1 fully saturated rings. The van der Waals surface area contributed by atoms with Crippen LogP contribution in [0.4, 0.5) is 0 Å². The highest BCUT2D eigenvalue weighted by Crippen LogP contribution is 2.28. The molecule has 4 nitrogen and oxygen atoms in total. The highest BCUT2D eigenvalue weighted by Gasteiger charge is 2.34. The van der Waals surface area contributed by atoms with Gasteiger partial charge in [0.15, 0.2) is 6.10 Å². The molecular weight excluding hydrogens is 301 g/mol. The number of ether oxygens (including phenoxy) is 2. The van der Waals surface area contributed by atoms with Crippen molar-refractivity contribution < 1.29 is 14.3 Å². The van der Waals surface area contributed by atoms with Crippen LogP contribution in [-0.2, 0) is 9.53 Å². The fourth-order valence-corrected chi connectivity index (χ4v) is 2.26. The second kappa shape index (κ2) is 6.20. The normalized spacial score (nSPS) is 18.0. The first kappa shape index (κ1) is 15.4. The minimum atomic E-state index is -0.627. The Morgan fingerprint density at radius 3 is 2.75 bits per heavy atom. The molecule has 20 heavy (non-hydrogen) atoms. The second-order valence-corrected chi connectivity index (χ2v) is 6.20. The van der Waals surface area contributed by atoms with Crippen LogP contribution >= 0.6 is 23.2 Å². The summed E-state index contributed by atoms with van der Waals surface area (Å²) in [5.41, 5.74) is 0.0350. The molecule has 1 aromatic carbocycles. The molecule has 0 bridgehead atoms. The summed E-state index contributed by atoms with van der Waals surface area (Å²) in [6, 6.07) is 4.89. The lowest BCUT2D eigenvalue weighted by molar-refractivity contribution is -0.132. The van der Waals surface area contributed by atoms with E-state index in [4.69, 9.17) is 32.7 Å². The lowest BCUT2D eigenvalue weighted by Gasteiger charge is -2.38. The maximum absolute atomic E-state index is 12.0. The summed E-state index contributed by atoms with van der Waals surface area (Å²) in [6.45, 7) is 5.67. The van der Waals surface area contributed by atoms with E-state index in [9.17, 15) is 4.79 Å². The zero-order valence-electron chi connectivity index (χ0n) is 11.4. The van der Waals surface area contributed by atoms with Crippen molar-refractivity contribution in [2.75, 3.05) is 19.8 Å². The quantitative estimate of drug-likeness (QED) is 0.908. The Balaban J connectivity index is 1.87. The molecular formula is C14H17Cl2NO3. The van der Waals surface area contributed by atoms with Gasteiger partial charge < -0.3 is 14.8 Å². The molecule has 0 aromatic heterocycles. The van der Waals surface area contributed by atoms with Crippen molar-refractivity contribution in [3.8, 4) is 5.75 Å². The Morgan fingerprint density at radius 1 is 1.50 bits per heavy atom. The molecule has 110 valence electrons. The molecule has 1 unspecified atom stereocenters. The molecule has 0 spiro atoms. The van der Waals surface area contributed by atoms with Gasteiger partial charge in [-0.2, -0.15) is 0 Å². The number of carbonyl (C=O) groups is 1. The van der Waals surface area contributed by atoms with E-state index in [1.54, 1.807) is 25.1 Å². The molecule has 2 rings (SSSR count). The lowest BCUT2D eigenvalue weighted by Crippen LogP contribution is -2.50. The van der Waals surface area contributed by atoms with Crippen LogP contribution in [0.3, 0.4) is 0 Å². The van der Waals surface area contributed by atoms with Crippen LogP contribution in [0.5, 0.6) is 5.75 Å². The zero-order chi connectivity index (χ0) is 14.8. The van der Waals surface area contributed by atoms with Gasteiger partial charge in [-0.3, -0.25) is 4.79 Å². The SMILES string of the molecule is CC(Oc1ccc(Cl)cc1Cl)C(=O)NCC1(C)COC1. The van der Waals surface area contributed by atoms with Crippen LogP contribution in [0.2, 0.25) is 10.0 Å². The maximum atomic E-state index is 12.0. The number of nitrogens with one attached hydrogen (secondary N) is 1. The van der Waals surface area contributed by atoms with Crippen LogP contribution in [0.25, 0.3) is 0 Å². The second-order valence-electron chi connectivity index (χ2n) is 5.36. The summed E-state index contributed by atoms with van der Waals surface area (Å²) < 4.78 is 10.7. The zero-order valence-corrected chi connectivity index (χ0v) is 12.9. The van der Waals surface area contributed by atoms with Crippen molar-refractivity contribution >= 4 is 29.1 Å². The predicted octanol–water partition coefficient (Wildman–Crippen LogP) is 2.91. The molecule has 0 aliphatic carbocycles. The van der Waals surface area contributed by atoms with E-state index in [-0.39, 0.29) is 11.3 Å². The van der Waals surface area contributed by atoms with Gasteiger partial charge in [-0.25, -0.2) is 0 Å². The summed E-state index contributed by atoms with van der Waals surface area (Å²) in [7, 11) is 0. The molecule has 1 aliphatic rings. The van der Waals surface area contributed by atoms with Gasteiger partial charge in [0.1, 0.15) is 5.75 Å². The molecule has 6 heteroatoms. The average Bonchev–Trinajstić information content (AvgIpc) is 2.36. The van der Waals surface area contributed by atoms with Gasteiger partial charge in [0, 0.05) is 17.0 Å². The van der Waals surface area contributed by atoms with E-state index in [0.717, 1.165) is 0 Å². The largest absolute Gasteiger partial charge is 0.479 e. The number of hydrogen-bond acceptors (Lipinski definition) is 3. The van der Waals surface area contributed by atoms with Gasteiger partial charge in [-0.05, 0) is 25.1 Å². The minimum Gasteiger partial charge on any atom is -0.479 e. The Labute approximate surface area is 128 Å². The fourth-order valence-electron chi connectivity index (χ4n) is 1.81.